The number of methoxy groups -OCH3 is 1. The molecule has 0 bridgehead atoms. The number of carbonyl (C=O) groups is 1. The van der Waals surface area contributed by atoms with Crippen LogP contribution in [0.4, 0.5) is 5.69 Å². The van der Waals surface area contributed by atoms with Gasteiger partial charge in [0.25, 0.3) is 11.8 Å². The number of rotatable bonds is 4. The van der Waals surface area contributed by atoms with E-state index in [0.717, 1.165) is 16.8 Å². The van der Waals surface area contributed by atoms with Crippen LogP contribution < -0.4 is 10.1 Å². The average molecular weight is 322 g/mol. The Labute approximate surface area is 140 Å². The van der Waals surface area contributed by atoms with Crippen molar-refractivity contribution in [1.82, 2.24) is 15.0 Å². The third kappa shape index (κ3) is 3.12. The fourth-order valence-corrected chi connectivity index (χ4v) is 2.28. The summed E-state index contributed by atoms with van der Waals surface area (Å²) >= 11 is 0. The number of aromatic nitrogens is 3. The van der Waals surface area contributed by atoms with E-state index in [4.69, 9.17) is 4.74 Å². The molecule has 1 N–H and O–H groups in total. The zero-order chi connectivity index (χ0) is 17.1. The Morgan fingerprint density at radius 2 is 1.58 bits per heavy atom. The predicted molar refractivity (Wildman–Crippen MR) is 91.8 cm³/mol. The molecule has 0 atom stereocenters. The quantitative estimate of drug-likeness (QED) is 0.801. The van der Waals surface area contributed by atoms with Crippen molar-refractivity contribution in [2.45, 2.75) is 13.8 Å². The number of nitrogens with zero attached hydrogens (tertiary/aromatic N) is 3. The maximum absolute atomic E-state index is 12.5. The van der Waals surface area contributed by atoms with Crippen molar-refractivity contribution in [3.63, 3.8) is 0 Å². The van der Waals surface area contributed by atoms with Crippen molar-refractivity contribution in [2.24, 2.45) is 0 Å². The van der Waals surface area contributed by atoms with E-state index < -0.39 is 0 Å². The van der Waals surface area contributed by atoms with Gasteiger partial charge in [0.2, 0.25) is 5.69 Å². The Kier molecular flexibility index (Phi) is 4.29. The first-order valence-corrected chi connectivity index (χ1v) is 7.53. The Morgan fingerprint density at radius 1 is 1.00 bits per heavy atom. The molecule has 122 valence electrons. The van der Waals surface area contributed by atoms with Gasteiger partial charge in [-0.05, 0) is 38.1 Å². The lowest BCUT2D eigenvalue weighted by Crippen LogP contribution is -2.14. The number of anilines is 1. The Morgan fingerprint density at radius 3 is 2.17 bits per heavy atom. The van der Waals surface area contributed by atoms with E-state index in [1.165, 1.54) is 11.8 Å². The smallest absolute Gasteiger partial charge is 0.281 e. The highest BCUT2D eigenvalue weighted by molar-refractivity contribution is 6.04. The molecule has 1 heterocycles. The van der Waals surface area contributed by atoms with E-state index in [1.807, 2.05) is 62.4 Å². The van der Waals surface area contributed by atoms with Gasteiger partial charge in [-0.25, -0.2) is 0 Å². The summed E-state index contributed by atoms with van der Waals surface area (Å²) in [5.41, 5.74) is 3.86. The number of nitrogens with one attached hydrogen (secondary N) is 1. The first kappa shape index (κ1) is 15.7. The minimum absolute atomic E-state index is 0.138. The number of amides is 1. The van der Waals surface area contributed by atoms with E-state index in [9.17, 15) is 4.79 Å². The number of hydrogen-bond acceptors (Lipinski definition) is 4. The molecule has 0 fully saturated rings. The van der Waals surface area contributed by atoms with Gasteiger partial charge in [-0.2, -0.15) is 4.68 Å². The van der Waals surface area contributed by atoms with Gasteiger partial charge in [0.15, 0.2) is 0 Å². The van der Waals surface area contributed by atoms with Crippen molar-refractivity contribution in [3.8, 4) is 11.6 Å². The monoisotopic (exact) mass is 322 g/mol. The lowest BCUT2D eigenvalue weighted by molar-refractivity contribution is 0.101. The first-order valence-electron chi connectivity index (χ1n) is 7.53. The fraction of sp³-hybridized carbons (Fsp3) is 0.167. The second-order valence-electron chi connectivity index (χ2n) is 5.51. The average Bonchev–Trinajstić information content (AvgIpc) is 3.01. The van der Waals surface area contributed by atoms with Gasteiger partial charge < -0.3 is 10.1 Å². The van der Waals surface area contributed by atoms with Crippen LogP contribution in [0.1, 0.15) is 21.6 Å². The number of benzene rings is 2. The normalized spacial score (nSPS) is 10.5. The van der Waals surface area contributed by atoms with E-state index in [1.54, 1.807) is 0 Å². The number of ether oxygens (including phenoxy) is 1. The summed E-state index contributed by atoms with van der Waals surface area (Å²) in [6, 6.07) is 15.2. The van der Waals surface area contributed by atoms with Gasteiger partial charge in [-0.15, -0.1) is 5.10 Å². The minimum atomic E-state index is -0.367. The van der Waals surface area contributed by atoms with Crippen molar-refractivity contribution in [2.75, 3.05) is 12.4 Å². The molecular weight excluding hydrogens is 304 g/mol. The molecule has 0 aliphatic heterocycles. The highest BCUT2D eigenvalue weighted by Gasteiger charge is 2.21. The van der Waals surface area contributed by atoms with Crippen LogP contribution in [0.2, 0.25) is 0 Å². The highest BCUT2D eigenvalue weighted by atomic mass is 16.5. The first-order chi connectivity index (χ1) is 11.6. The van der Waals surface area contributed by atoms with Gasteiger partial charge in [-0.1, -0.05) is 40.6 Å². The van der Waals surface area contributed by atoms with Crippen LogP contribution in [-0.2, 0) is 0 Å². The third-order valence-electron chi connectivity index (χ3n) is 3.63. The van der Waals surface area contributed by atoms with E-state index in [-0.39, 0.29) is 11.6 Å². The summed E-state index contributed by atoms with van der Waals surface area (Å²) < 4.78 is 6.86. The van der Waals surface area contributed by atoms with Crippen molar-refractivity contribution in [1.29, 1.82) is 0 Å². The molecule has 0 radical (unpaired) electrons. The second kappa shape index (κ2) is 6.54. The molecule has 3 rings (SSSR count). The predicted octanol–water partition coefficient (Wildman–Crippen LogP) is 3.15. The summed E-state index contributed by atoms with van der Waals surface area (Å²) in [5, 5.41) is 10.8. The molecule has 0 unspecified atom stereocenters. The zero-order valence-electron chi connectivity index (χ0n) is 13.8. The van der Waals surface area contributed by atoms with Gasteiger partial charge in [0, 0.05) is 5.69 Å². The lowest BCUT2D eigenvalue weighted by Gasteiger charge is -2.07. The number of aryl methyl sites for hydroxylation is 2. The minimum Gasteiger partial charge on any atom is -0.479 e. The summed E-state index contributed by atoms with van der Waals surface area (Å²) in [6.07, 6.45) is 0. The maximum Gasteiger partial charge on any atom is 0.281 e. The van der Waals surface area contributed by atoms with Crippen LogP contribution in [0.25, 0.3) is 5.69 Å². The van der Waals surface area contributed by atoms with Crippen LogP contribution in [0.3, 0.4) is 0 Å². The standard InChI is InChI=1S/C18H18N4O2/c1-12-4-8-14(9-5-12)19-17(23)16-18(24-3)22(21-20-16)15-10-6-13(2)7-11-15/h4-11H,1-3H3,(H,19,23). The molecule has 6 nitrogen and oxygen atoms in total. The molecule has 0 aliphatic rings. The van der Waals surface area contributed by atoms with Crippen LogP contribution in [-0.4, -0.2) is 28.0 Å². The van der Waals surface area contributed by atoms with Gasteiger partial charge in [-0.3, -0.25) is 4.79 Å². The van der Waals surface area contributed by atoms with Gasteiger partial charge in [0.1, 0.15) is 0 Å². The van der Waals surface area contributed by atoms with Crippen molar-refractivity contribution >= 4 is 11.6 Å². The highest BCUT2D eigenvalue weighted by Crippen LogP contribution is 2.22. The maximum atomic E-state index is 12.5. The lowest BCUT2D eigenvalue weighted by atomic mass is 10.2. The SMILES string of the molecule is COc1c(C(=O)Nc2ccc(C)cc2)nnn1-c1ccc(C)cc1. The molecule has 0 aliphatic carbocycles. The molecule has 1 amide bonds. The van der Waals surface area contributed by atoms with Crippen LogP contribution in [0, 0.1) is 13.8 Å². The Hall–Kier alpha value is -3.15. The van der Waals surface area contributed by atoms with Crippen LogP contribution in [0.5, 0.6) is 5.88 Å². The molecule has 0 saturated heterocycles. The molecule has 0 spiro atoms. The summed E-state index contributed by atoms with van der Waals surface area (Å²) in [6.45, 7) is 3.99. The summed E-state index contributed by atoms with van der Waals surface area (Å²) in [7, 11) is 1.49. The van der Waals surface area contributed by atoms with E-state index >= 15 is 0 Å². The molecule has 0 saturated carbocycles. The van der Waals surface area contributed by atoms with Crippen LogP contribution in [0.15, 0.2) is 48.5 Å². The number of carbonyl (C=O) groups excluding carboxylic acids is 1. The fourth-order valence-electron chi connectivity index (χ4n) is 2.28. The van der Waals surface area contributed by atoms with Gasteiger partial charge in [0.05, 0.1) is 12.8 Å². The third-order valence-corrected chi connectivity index (χ3v) is 3.63. The Balaban J connectivity index is 1.89. The molecule has 3 aromatic rings. The molecule has 2 aromatic carbocycles. The van der Waals surface area contributed by atoms with E-state index in [0.29, 0.717) is 11.6 Å². The van der Waals surface area contributed by atoms with Crippen LogP contribution >= 0.6 is 0 Å². The largest absolute Gasteiger partial charge is 0.479 e. The molecular formula is C18H18N4O2. The number of hydrogen-bond donors (Lipinski definition) is 1. The summed E-state index contributed by atoms with van der Waals surface area (Å²) in [5.74, 6) is -0.0717. The molecule has 6 heteroatoms. The second-order valence-corrected chi connectivity index (χ2v) is 5.51. The zero-order valence-corrected chi connectivity index (χ0v) is 13.8. The van der Waals surface area contributed by atoms with E-state index in [2.05, 4.69) is 15.6 Å². The Bertz CT molecular complexity index is 852. The topological polar surface area (TPSA) is 69.0 Å². The van der Waals surface area contributed by atoms with Gasteiger partial charge >= 0.3 is 0 Å². The van der Waals surface area contributed by atoms with Crippen molar-refractivity contribution in [3.05, 3.63) is 65.4 Å². The van der Waals surface area contributed by atoms with Crippen molar-refractivity contribution < 1.29 is 9.53 Å². The molecule has 1 aromatic heterocycles. The summed E-state index contributed by atoms with van der Waals surface area (Å²) in [4.78, 5) is 12.5. The molecule has 24 heavy (non-hydrogen) atoms.